The van der Waals surface area contributed by atoms with Gasteiger partial charge in [0.2, 0.25) is 0 Å². The summed E-state index contributed by atoms with van der Waals surface area (Å²) in [6.07, 6.45) is 3.91. The number of aromatic nitrogens is 1. The normalized spacial score (nSPS) is 17.7. The molecular formula is C19H21N3O2S. The number of carbonyl (C=O) groups excluding carboxylic acids is 1. The minimum Gasteiger partial charge on any atom is -0.497 e. The highest BCUT2D eigenvalue weighted by Gasteiger charge is 2.32. The Bertz CT molecular complexity index is 821. The lowest BCUT2D eigenvalue weighted by Gasteiger charge is -2.11. The minimum atomic E-state index is 0.0159. The summed E-state index contributed by atoms with van der Waals surface area (Å²) in [5.41, 5.74) is 1.97. The first-order chi connectivity index (χ1) is 12.2. The SMILES string of the molecule is CCN=C1SC(=Cc2cccn2-c2ccc(OC)cc2)C(=O)N1CC. The molecule has 3 rings (SSSR count). The van der Waals surface area contributed by atoms with Crippen LogP contribution in [0.4, 0.5) is 0 Å². The van der Waals surface area contributed by atoms with Gasteiger partial charge in [0.25, 0.3) is 5.91 Å². The quantitative estimate of drug-likeness (QED) is 0.767. The Hall–Kier alpha value is -2.47. The second kappa shape index (κ2) is 7.61. The standard InChI is InChI=1S/C19H21N3O2S/c1-4-20-19-21(5-2)18(23)17(25-19)13-15-7-6-12-22(15)14-8-10-16(24-3)11-9-14/h6-13H,4-5H2,1-3H3. The van der Waals surface area contributed by atoms with Gasteiger partial charge in [-0.15, -0.1) is 0 Å². The van der Waals surface area contributed by atoms with Gasteiger partial charge >= 0.3 is 0 Å². The van der Waals surface area contributed by atoms with Crippen molar-refractivity contribution in [1.29, 1.82) is 0 Å². The summed E-state index contributed by atoms with van der Waals surface area (Å²) in [6, 6.07) is 11.8. The molecule has 1 aliphatic heterocycles. The number of hydrogen-bond acceptors (Lipinski definition) is 4. The fraction of sp³-hybridized carbons (Fsp3) is 0.263. The van der Waals surface area contributed by atoms with Crippen molar-refractivity contribution in [3.05, 3.63) is 53.2 Å². The van der Waals surface area contributed by atoms with Crippen molar-refractivity contribution in [3.8, 4) is 11.4 Å². The molecule has 1 aromatic carbocycles. The van der Waals surface area contributed by atoms with E-state index in [0.29, 0.717) is 18.0 Å². The molecule has 0 unspecified atom stereocenters. The lowest BCUT2D eigenvalue weighted by atomic mass is 10.3. The molecule has 1 fully saturated rings. The van der Waals surface area contributed by atoms with Crippen LogP contribution in [0.25, 0.3) is 11.8 Å². The maximum Gasteiger partial charge on any atom is 0.266 e. The molecule has 130 valence electrons. The molecule has 1 saturated heterocycles. The average Bonchev–Trinajstić information content (AvgIpc) is 3.21. The highest BCUT2D eigenvalue weighted by atomic mass is 32.2. The van der Waals surface area contributed by atoms with Gasteiger partial charge in [-0.05, 0) is 68.1 Å². The summed E-state index contributed by atoms with van der Waals surface area (Å²) in [5.74, 6) is 0.832. The molecule has 0 atom stereocenters. The lowest BCUT2D eigenvalue weighted by Crippen LogP contribution is -2.28. The van der Waals surface area contributed by atoms with E-state index in [1.54, 1.807) is 12.0 Å². The largest absolute Gasteiger partial charge is 0.497 e. The fourth-order valence-electron chi connectivity index (χ4n) is 2.66. The maximum atomic E-state index is 12.6. The van der Waals surface area contributed by atoms with Gasteiger partial charge in [-0.1, -0.05) is 0 Å². The van der Waals surface area contributed by atoms with Crippen molar-refractivity contribution in [2.75, 3.05) is 20.2 Å². The number of amidine groups is 1. The summed E-state index contributed by atoms with van der Waals surface area (Å²) < 4.78 is 7.26. The van der Waals surface area contributed by atoms with E-state index in [9.17, 15) is 4.79 Å². The molecule has 1 amide bonds. The van der Waals surface area contributed by atoms with E-state index < -0.39 is 0 Å². The highest BCUT2D eigenvalue weighted by Crippen LogP contribution is 2.32. The van der Waals surface area contributed by atoms with Crippen molar-refractivity contribution in [1.82, 2.24) is 9.47 Å². The molecule has 5 nitrogen and oxygen atoms in total. The Balaban J connectivity index is 1.93. The average molecular weight is 355 g/mol. The van der Waals surface area contributed by atoms with Crippen LogP contribution in [0.15, 0.2) is 52.5 Å². The van der Waals surface area contributed by atoms with Gasteiger partial charge in [-0.2, -0.15) is 0 Å². The van der Waals surface area contributed by atoms with Crippen LogP contribution in [0.2, 0.25) is 0 Å². The number of methoxy groups -OCH3 is 1. The smallest absolute Gasteiger partial charge is 0.266 e. The number of ether oxygens (including phenoxy) is 1. The fourth-order valence-corrected chi connectivity index (χ4v) is 3.75. The van der Waals surface area contributed by atoms with Crippen LogP contribution in [0.5, 0.6) is 5.75 Å². The van der Waals surface area contributed by atoms with E-state index in [1.165, 1.54) is 11.8 Å². The molecule has 0 radical (unpaired) electrons. The van der Waals surface area contributed by atoms with Crippen molar-refractivity contribution in [2.45, 2.75) is 13.8 Å². The van der Waals surface area contributed by atoms with Crippen LogP contribution in [-0.2, 0) is 4.79 Å². The van der Waals surface area contributed by atoms with Gasteiger partial charge in [-0.25, -0.2) is 0 Å². The van der Waals surface area contributed by atoms with Gasteiger partial charge in [0, 0.05) is 30.7 Å². The number of benzene rings is 1. The number of carbonyl (C=O) groups is 1. The number of rotatable bonds is 5. The van der Waals surface area contributed by atoms with Gasteiger partial charge < -0.3 is 9.30 Å². The van der Waals surface area contributed by atoms with Gasteiger partial charge in [0.15, 0.2) is 5.17 Å². The van der Waals surface area contributed by atoms with Crippen LogP contribution in [0.3, 0.4) is 0 Å². The summed E-state index contributed by atoms with van der Waals surface area (Å²) in [6.45, 7) is 5.23. The number of likely N-dealkylation sites (N-methyl/N-ethyl adjacent to an activating group) is 1. The number of amides is 1. The number of aliphatic imine (C=N–C) groups is 1. The third-order valence-corrected chi connectivity index (χ3v) is 4.95. The number of thioether (sulfide) groups is 1. The summed E-state index contributed by atoms with van der Waals surface area (Å²) in [4.78, 5) is 19.5. The van der Waals surface area contributed by atoms with E-state index in [-0.39, 0.29) is 5.91 Å². The molecule has 1 aromatic heterocycles. The molecule has 0 aliphatic carbocycles. The van der Waals surface area contributed by atoms with Gasteiger partial charge in [0.05, 0.1) is 12.0 Å². The zero-order valence-corrected chi connectivity index (χ0v) is 15.4. The molecule has 0 spiro atoms. The first kappa shape index (κ1) is 17.4. The highest BCUT2D eigenvalue weighted by molar-refractivity contribution is 8.18. The van der Waals surface area contributed by atoms with Crippen molar-refractivity contribution in [2.24, 2.45) is 4.99 Å². The maximum absolute atomic E-state index is 12.6. The monoisotopic (exact) mass is 355 g/mol. The Morgan fingerprint density at radius 2 is 1.96 bits per heavy atom. The van der Waals surface area contributed by atoms with Crippen LogP contribution in [-0.4, -0.2) is 40.7 Å². The third kappa shape index (κ3) is 3.49. The Morgan fingerprint density at radius 1 is 1.20 bits per heavy atom. The van der Waals surface area contributed by atoms with Crippen molar-refractivity contribution < 1.29 is 9.53 Å². The summed E-state index contributed by atoms with van der Waals surface area (Å²) in [5, 5.41) is 0.781. The van der Waals surface area contributed by atoms with E-state index in [4.69, 9.17) is 4.74 Å². The predicted molar refractivity (Wildman–Crippen MR) is 103 cm³/mol. The first-order valence-electron chi connectivity index (χ1n) is 8.25. The molecule has 25 heavy (non-hydrogen) atoms. The van der Waals surface area contributed by atoms with Crippen molar-refractivity contribution in [3.63, 3.8) is 0 Å². The molecule has 2 heterocycles. The van der Waals surface area contributed by atoms with E-state index in [0.717, 1.165) is 22.3 Å². The molecule has 0 bridgehead atoms. The Kier molecular flexibility index (Phi) is 5.28. The molecule has 2 aromatic rings. The Morgan fingerprint density at radius 3 is 2.60 bits per heavy atom. The third-order valence-electron chi connectivity index (χ3n) is 3.91. The predicted octanol–water partition coefficient (Wildman–Crippen LogP) is 3.80. The molecule has 1 aliphatic rings. The second-order valence-electron chi connectivity index (χ2n) is 5.42. The Labute approximate surface area is 152 Å². The van der Waals surface area contributed by atoms with E-state index in [1.807, 2.05) is 67.1 Å². The van der Waals surface area contributed by atoms with Crippen LogP contribution in [0, 0.1) is 0 Å². The number of nitrogens with zero attached hydrogens (tertiary/aromatic N) is 3. The van der Waals surface area contributed by atoms with E-state index in [2.05, 4.69) is 4.99 Å². The van der Waals surface area contributed by atoms with Crippen molar-refractivity contribution >= 4 is 28.9 Å². The molecular weight excluding hydrogens is 334 g/mol. The number of hydrogen-bond donors (Lipinski definition) is 0. The van der Waals surface area contributed by atoms with Gasteiger partial charge in [0.1, 0.15) is 5.75 Å². The topological polar surface area (TPSA) is 46.8 Å². The summed E-state index contributed by atoms with van der Waals surface area (Å²) >= 11 is 1.44. The lowest BCUT2D eigenvalue weighted by molar-refractivity contribution is -0.122. The zero-order valence-electron chi connectivity index (χ0n) is 14.6. The minimum absolute atomic E-state index is 0.0159. The second-order valence-corrected chi connectivity index (χ2v) is 6.43. The van der Waals surface area contributed by atoms with Crippen LogP contribution in [0.1, 0.15) is 19.5 Å². The zero-order chi connectivity index (χ0) is 17.8. The first-order valence-corrected chi connectivity index (χ1v) is 9.07. The summed E-state index contributed by atoms with van der Waals surface area (Å²) in [7, 11) is 1.65. The van der Waals surface area contributed by atoms with Crippen LogP contribution < -0.4 is 4.74 Å². The van der Waals surface area contributed by atoms with E-state index >= 15 is 0 Å². The molecule has 0 N–H and O–H groups in total. The molecule has 0 saturated carbocycles. The van der Waals surface area contributed by atoms with Crippen LogP contribution >= 0.6 is 11.8 Å². The molecule has 6 heteroatoms. The van der Waals surface area contributed by atoms with Gasteiger partial charge in [-0.3, -0.25) is 14.7 Å².